The Bertz CT molecular complexity index is 104. The van der Waals surface area contributed by atoms with E-state index >= 15 is 0 Å². The second-order valence-electron chi connectivity index (χ2n) is 4.12. The molecule has 1 atom stereocenters. The van der Waals surface area contributed by atoms with Crippen molar-refractivity contribution in [2.45, 2.75) is 69.5 Å². The summed E-state index contributed by atoms with van der Waals surface area (Å²) < 4.78 is 0. The van der Waals surface area contributed by atoms with Crippen LogP contribution in [-0.4, -0.2) is 16.5 Å². The Morgan fingerprint density at radius 1 is 0.857 bits per heavy atom. The van der Waals surface area contributed by atoms with Crippen molar-refractivity contribution in [1.82, 2.24) is 0 Å². The summed E-state index contributed by atoms with van der Waals surface area (Å²) in [6, 6.07) is 0. The molecule has 0 radical (unpaired) electrons. The van der Waals surface area contributed by atoms with Crippen LogP contribution >= 0.6 is 15.9 Å². The van der Waals surface area contributed by atoms with Gasteiger partial charge in [0.15, 0.2) is 0 Å². The van der Waals surface area contributed by atoms with E-state index in [9.17, 15) is 0 Å². The summed E-state index contributed by atoms with van der Waals surface area (Å²) >= 11 is 3.56. The monoisotopic (exact) mass is 264 g/mol. The smallest absolute Gasteiger partial charge is 0.0431 e. The number of aliphatic hydroxyl groups excluding tert-OH is 1. The van der Waals surface area contributed by atoms with Gasteiger partial charge in [0, 0.05) is 11.4 Å². The normalized spacial score (nSPS) is 13.1. The van der Waals surface area contributed by atoms with Gasteiger partial charge in [0.2, 0.25) is 0 Å². The molecule has 0 aromatic heterocycles. The summed E-state index contributed by atoms with van der Waals surface area (Å²) in [5.41, 5.74) is 0. The Morgan fingerprint density at radius 3 is 1.71 bits per heavy atom. The van der Waals surface area contributed by atoms with Crippen molar-refractivity contribution in [3.05, 3.63) is 0 Å². The Labute approximate surface area is 97.4 Å². The van der Waals surface area contributed by atoms with Crippen molar-refractivity contribution in [1.29, 1.82) is 0 Å². The molecule has 0 aromatic rings. The fourth-order valence-electron chi connectivity index (χ4n) is 1.60. The Hall–Kier alpha value is 0.440. The predicted octanol–water partition coefficient (Wildman–Crippen LogP) is 4.27. The molecule has 0 heterocycles. The number of hydrogen-bond acceptors (Lipinski definition) is 1. The lowest BCUT2D eigenvalue weighted by Crippen LogP contribution is -1.89. The lowest BCUT2D eigenvalue weighted by Gasteiger charge is -2.03. The van der Waals surface area contributed by atoms with Gasteiger partial charge in [0.05, 0.1) is 0 Å². The number of aliphatic hydroxyl groups is 1. The minimum absolute atomic E-state index is 0.364. The summed E-state index contributed by atoms with van der Waals surface area (Å²) in [5, 5.41) is 8.59. The maximum atomic E-state index is 8.59. The zero-order chi connectivity index (χ0) is 10.6. The van der Waals surface area contributed by atoms with Crippen LogP contribution in [0.25, 0.3) is 0 Å². The highest BCUT2D eigenvalue weighted by molar-refractivity contribution is 9.09. The first-order chi connectivity index (χ1) is 6.77. The molecule has 1 nitrogen and oxygen atoms in total. The molecule has 0 spiro atoms. The Kier molecular flexibility index (Phi) is 11.9. The highest BCUT2D eigenvalue weighted by atomic mass is 79.9. The van der Waals surface area contributed by atoms with Gasteiger partial charge < -0.3 is 5.11 Å². The average molecular weight is 265 g/mol. The van der Waals surface area contributed by atoms with Gasteiger partial charge in [-0.2, -0.15) is 0 Å². The van der Waals surface area contributed by atoms with E-state index in [1.54, 1.807) is 0 Å². The molecule has 0 amide bonds. The van der Waals surface area contributed by atoms with Crippen LogP contribution in [0.4, 0.5) is 0 Å². The van der Waals surface area contributed by atoms with Gasteiger partial charge in [-0.3, -0.25) is 0 Å². The van der Waals surface area contributed by atoms with Crippen LogP contribution in [0.1, 0.15) is 64.7 Å². The summed E-state index contributed by atoms with van der Waals surface area (Å²) in [6.07, 6.45) is 11.7. The quantitative estimate of drug-likeness (QED) is 0.462. The zero-order valence-electron chi connectivity index (χ0n) is 9.47. The Morgan fingerprint density at radius 2 is 1.29 bits per heavy atom. The summed E-state index contributed by atoms with van der Waals surface area (Å²) in [5.74, 6) is 0. The first-order valence-electron chi connectivity index (χ1n) is 6.02. The molecule has 0 aromatic carbocycles. The minimum atomic E-state index is 0.364. The van der Waals surface area contributed by atoms with E-state index in [-0.39, 0.29) is 0 Å². The van der Waals surface area contributed by atoms with Gasteiger partial charge in [-0.1, -0.05) is 67.8 Å². The molecule has 0 bridgehead atoms. The molecule has 0 fully saturated rings. The molecule has 2 heteroatoms. The molecule has 14 heavy (non-hydrogen) atoms. The maximum Gasteiger partial charge on any atom is 0.0431 e. The van der Waals surface area contributed by atoms with E-state index in [0.29, 0.717) is 11.4 Å². The number of hydrogen-bond donors (Lipinski definition) is 1. The van der Waals surface area contributed by atoms with E-state index in [2.05, 4.69) is 22.9 Å². The second kappa shape index (κ2) is 11.5. The predicted molar refractivity (Wildman–Crippen MR) is 67.0 cm³/mol. The highest BCUT2D eigenvalue weighted by Gasteiger charge is 1.95. The topological polar surface area (TPSA) is 20.2 Å². The first-order valence-corrected chi connectivity index (χ1v) is 6.94. The molecular weight excluding hydrogens is 240 g/mol. The van der Waals surface area contributed by atoms with Crippen LogP contribution in [0.3, 0.4) is 0 Å². The van der Waals surface area contributed by atoms with Gasteiger partial charge in [-0.05, 0) is 12.8 Å². The molecular formula is C12H25BrO. The maximum absolute atomic E-state index is 8.59. The highest BCUT2D eigenvalue weighted by Crippen LogP contribution is 2.13. The fraction of sp³-hybridized carbons (Fsp3) is 1.00. The molecule has 0 rings (SSSR count). The van der Waals surface area contributed by atoms with Crippen molar-refractivity contribution < 1.29 is 5.11 Å². The van der Waals surface area contributed by atoms with Crippen LogP contribution in [0.2, 0.25) is 0 Å². The van der Waals surface area contributed by atoms with E-state index < -0.39 is 0 Å². The van der Waals surface area contributed by atoms with E-state index in [4.69, 9.17) is 5.11 Å². The average Bonchev–Trinajstić information content (AvgIpc) is 2.15. The number of alkyl halides is 1. The van der Waals surface area contributed by atoms with Crippen LogP contribution in [0.15, 0.2) is 0 Å². The lowest BCUT2D eigenvalue weighted by atomic mass is 10.1. The Balaban J connectivity index is 2.85. The van der Waals surface area contributed by atoms with Crippen molar-refractivity contribution in [3.8, 4) is 0 Å². The van der Waals surface area contributed by atoms with Crippen LogP contribution in [0, 0.1) is 0 Å². The molecule has 0 aliphatic heterocycles. The molecule has 0 aliphatic rings. The minimum Gasteiger partial charge on any atom is -0.396 e. The molecule has 1 N–H and O–H groups in total. The molecule has 86 valence electrons. The molecule has 0 aliphatic carbocycles. The van der Waals surface area contributed by atoms with Gasteiger partial charge >= 0.3 is 0 Å². The zero-order valence-corrected chi connectivity index (χ0v) is 11.1. The van der Waals surface area contributed by atoms with Crippen molar-refractivity contribution in [2.75, 3.05) is 6.61 Å². The molecule has 0 saturated carbocycles. The largest absolute Gasteiger partial charge is 0.396 e. The number of halogens is 1. The summed E-state index contributed by atoms with van der Waals surface area (Å²) in [7, 11) is 0. The van der Waals surface area contributed by atoms with E-state index in [1.807, 2.05) is 0 Å². The third kappa shape index (κ3) is 12.4. The summed E-state index contributed by atoms with van der Waals surface area (Å²) in [6.45, 7) is 2.58. The number of unbranched alkanes of at least 4 members (excludes halogenated alkanes) is 7. The van der Waals surface area contributed by atoms with E-state index in [0.717, 1.165) is 6.42 Å². The van der Waals surface area contributed by atoms with Gasteiger partial charge in [0.25, 0.3) is 0 Å². The van der Waals surface area contributed by atoms with Crippen LogP contribution in [0.5, 0.6) is 0 Å². The fourth-order valence-corrected chi connectivity index (χ4v) is 1.92. The first kappa shape index (κ1) is 14.4. The number of rotatable bonds is 10. The van der Waals surface area contributed by atoms with Crippen LogP contribution < -0.4 is 0 Å². The molecule has 0 saturated heterocycles. The van der Waals surface area contributed by atoms with Gasteiger partial charge in [0.1, 0.15) is 0 Å². The van der Waals surface area contributed by atoms with Gasteiger partial charge in [-0.25, -0.2) is 0 Å². The van der Waals surface area contributed by atoms with Crippen molar-refractivity contribution in [2.24, 2.45) is 0 Å². The summed E-state index contributed by atoms with van der Waals surface area (Å²) in [4.78, 5) is 0.687. The standard InChI is InChI=1S/C12H25BrO/c1-12(13)10-8-6-4-2-3-5-7-9-11-14/h12,14H,2-11H2,1H3. The SMILES string of the molecule is CC(Br)CCCCCCCCCCO. The van der Waals surface area contributed by atoms with Crippen LogP contribution in [-0.2, 0) is 0 Å². The second-order valence-corrected chi connectivity index (χ2v) is 5.68. The van der Waals surface area contributed by atoms with E-state index in [1.165, 1.54) is 51.4 Å². The third-order valence-electron chi connectivity index (χ3n) is 2.51. The third-order valence-corrected chi connectivity index (χ3v) is 2.97. The van der Waals surface area contributed by atoms with Gasteiger partial charge in [-0.15, -0.1) is 0 Å². The van der Waals surface area contributed by atoms with Crippen molar-refractivity contribution in [3.63, 3.8) is 0 Å². The lowest BCUT2D eigenvalue weighted by molar-refractivity contribution is 0.282. The van der Waals surface area contributed by atoms with Crippen molar-refractivity contribution >= 4 is 15.9 Å². The molecule has 1 unspecified atom stereocenters.